The summed E-state index contributed by atoms with van der Waals surface area (Å²) in [4.78, 5) is 44.1. The standard InChI is InChI=1S/C24H21ClN2O5S/c1-31-21(28)19-18-12-33-13-27(18)24(20(19)22(29)32-2)16-10-15(25)8-9-17(16)26(23(24)30)11-14-6-4-3-5-7-14/h3-10,18H,11-13H2,1-2H3/t18-,24+/m1/s1. The number of benzene rings is 2. The second-order valence-electron chi connectivity index (χ2n) is 8.01. The van der Waals surface area contributed by atoms with Gasteiger partial charge in [-0.25, -0.2) is 9.59 Å². The summed E-state index contributed by atoms with van der Waals surface area (Å²) in [5.74, 6) is -0.662. The molecule has 33 heavy (non-hydrogen) atoms. The molecule has 3 aliphatic rings. The lowest BCUT2D eigenvalue weighted by molar-refractivity contribution is -0.141. The molecule has 1 amide bonds. The lowest BCUT2D eigenvalue weighted by Crippen LogP contribution is -2.53. The second-order valence-corrected chi connectivity index (χ2v) is 9.44. The zero-order valence-corrected chi connectivity index (χ0v) is 19.6. The highest BCUT2D eigenvalue weighted by Crippen LogP contribution is 2.58. The molecule has 5 rings (SSSR count). The Morgan fingerprint density at radius 3 is 2.55 bits per heavy atom. The minimum absolute atomic E-state index is 0.0197. The molecule has 0 bridgehead atoms. The van der Waals surface area contributed by atoms with Gasteiger partial charge in [-0.1, -0.05) is 41.9 Å². The highest BCUT2D eigenvalue weighted by molar-refractivity contribution is 7.99. The number of thioether (sulfide) groups is 1. The van der Waals surface area contributed by atoms with Crippen LogP contribution in [0.1, 0.15) is 11.1 Å². The average Bonchev–Trinajstić information content (AvgIpc) is 3.47. The number of ether oxygens (including phenoxy) is 2. The van der Waals surface area contributed by atoms with Crippen LogP contribution in [0.15, 0.2) is 59.7 Å². The van der Waals surface area contributed by atoms with Crippen LogP contribution in [0.5, 0.6) is 0 Å². The van der Waals surface area contributed by atoms with Crippen molar-refractivity contribution in [2.45, 2.75) is 18.1 Å². The molecule has 170 valence electrons. The SMILES string of the molecule is COC(=O)C1=C(C(=O)OC)[C@@]2(C(=O)N(Cc3ccccc3)c3ccc(Cl)cc32)N2CSC[C@H]12. The van der Waals surface area contributed by atoms with E-state index < -0.39 is 23.5 Å². The zero-order valence-electron chi connectivity index (χ0n) is 18.0. The highest BCUT2D eigenvalue weighted by atomic mass is 35.5. The Morgan fingerprint density at radius 1 is 1.12 bits per heavy atom. The van der Waals surface area contributed by atoms with Crippen LogP contribution in [0.3, 0.4) is 0 Å². The molecule has 0 saturated carbocycles. The van der Waals surface area contributed by atoms with E-state index in [2.05, 4.69) is 0 Å². The molecule has 2 aromatic rings. The van der Waals surface area contributed by atoms with Crippen LogP contribution in [0.25, 0.3) is 0 Å². The fraction of sp³-hybridized carbons (Fsp3) is 0.292. The third kappa shape index (κ3) is 3.04. The number of anilines is 1. The molecular formula is C24H21ClN2O5S. The highest BCUT2D eigenvalue weighted by Gasteiger charge is 2.67. The molecule has 9 heteroatoms. The van der Waals surface area contributed by atoms with Gasteiger partial charge in [-0.15, -0.1) is 11.8 Å². The lowest BCUT2D eigenvalue weighted by Gasteiger charge is -2.35. The molecular weight excluding hydrogens is 464 g/mol. The molecule has 1 saturated heterocycles. The summed E-state index contributed by atoms with van der Waals surface area (Å²) < 4.78 is 10.2. The Morgan fingerprint density at radius 2 is 1.85 bits per heavy atom. The van der Waals surface area contributed by atoms with E-state index >= 15 is 0 Å². The van der Waals surface area contributed by atoms with Gasteiger partial charge in [-0.2, -0.15) is 0 Å². The molecule has 0 unspecified atom stereocenters. The van der Waals surface area contributed by atoms with Crippen molar-refractivity contribution in [2.24, 2.45) is 0 Å². The first kappa shape index (κ1) is 22.0. The molecule has 1 spiro atoms. The minimum Gasteiger partial charge on any atom is -0.466 e. The number of esters is 2. The molecule has 0 aliphatic carbocycles. The van der Waals surface area contributed by atoms with Crippen molar-refractivity contribution >= 4 is 46.9 Å². The van der Waals surface area contributed by atoms with E-state index in [9.17, 15) is 14.4 Å². The number of fused-ring (bicyclic) bond motifs is 4. The van der Waals surface area contributed by atoms with Gasteiger partial charge in [-0.3, -0.25) is 9.69 Å². The van der Waals surface area contributed by atoms with Crippen molar-refractivity contribution in [3.05, 3.63) is 75.8 Å². The summed E-state index contributed by atoms with van der Waals surface area (Å²) in [5.41, 5.74) is 0.839. The third-order valence-corrected chi connectivity index (χ3v) is 7.70. The van der Waals surface area contributed by atoms with Crippen molar-refractivity contribution in [3.8, 4) is 0 Å². The Labute approximate surface area is 200 Å². The van der Waals surface area contributed by atoms with E-state index in [0.29, 0.717) is 34.4 Å². The predicted octanol–water partition coefficient (Wildman–Crippen LogP) is 3.11. The summed E-state index contributed by atoms with van der Waals surface area (Å²) in [6.07, 6.45) is 0. The van der Waals surface area contributed by atoms with E-state index in [-0.39, 0.29) is 17.1 Å². The summed E-state index contributed by atoms with van der Waals surface area (Å²) >= 11 is 7.99. The van der Waals surface area contributed by atoms with Crippen LogP contribution >= 0.6 is 23.4 Å². The number of carbonyl (C=O) groups excluding carboxylic acids is 3. The first-order chi connectivity index (χ1) is 15.9. The predicted molar refractivity (Wildman–Crippen MR) is 125 cm³/mol. The Kier molecular flexibility index (Phi) is 5.47. The number of hydrogen-bond acceptors (Lipinski definition) is 7. The molecule has 0 aromatic heterocycles. The molecule has 7 nitrogen and oxygen atoms in total. The third-order valence-electron chi connectivity index (χ3n) is 6.45. The van der Waals surface area contributed by atoms with Crippen LogP contribution in [0.2, 0.25) is 5.02 Å². The molecule has 0 N–H and O–H groups in total. The van der Waals surface area contributed by atoms with Crippen LogP contribution in [-0.4, -0.2) is 54.6 Å². The van der Waals surface area contributed by atoms with Crippen molar-refractivity contribution in [1.82, 2.24) is 4.90 Å². The van der Waals surface area contributed by atoms with Crippen molar-refractivity contribution in [2.75, 3.05) is 30.7 Å². The second kappa shape index (κ2) is 8.20. The van der Waals surface area contributed by atoms with Crippen molar-refractivity contribution in [3.63, 3.8) is 0 Å². The van der Waals surface area contributed by atoms with Gasteiger partial charge in [0.05, 0.1) is 43.6 Å². The number of rotatable bonds is 4. The number of methoxy groups -OCH3 is 2. The van der Waals surface area contributed by atoms with E-state index in [4.69, 9.17) is 21.1 Å². The van der Waals surface area contributed by atoms with Gasteiger partial charge in [0.15, 0.2) is 5.54 Å². The topological polar surface area (TPSA) is 76.2 Å². The molecule has 3 heterocycles. The fourth-order valence-corrected chi connectivity index (χ4v) is 6.54. The normalized spacial score (nSPS) is 23.8. The minimum atomic E-state index is -1.51. The summed E-state index contributed by atoms with van der Waals surface area (Å²) in [5, 5.41) is 0.432. The molecule has 2 aromatic carbocycles. The number of nitrogens with zero attached hydrogens (tertiary/aromatic N) is 2. The number of carbonyl (C=O) groups is 3. The van der Waals surface area contributed by atoms with Gasteiger partial charge in [0.1, 0.15) is 0 Å². The molecule has 2 atom stereocenters. The van der Waals surface area contributed by atoms with Crippen LogP contribution in [0.4, 0.5) is 5.69 Å². The summed E-state index contributed by atoms with van der Waals surface area (Å²) in [7, 11) is 2.51. The van der Waals surface area contributed by atoms with E-state index in [1.165, 1.54) is 14.2 Å². The van der Waals surface area contributed by atoms with Gasteiger partial charge < -0.3 is 14.4 Å². The van der Waals surface area contributed by atoms with E-state index in [1.807, 2.05) is 35.2 Å². The maximum atomic E-state index is 14.4. The fourth-order valence-electron chi connectivity index (χ4n) is 5.12. The van der Waals surface area contributed by atoms with Gasteiger partial charge in [0.25, 0.3) is 5.91 Å². The number of amides is 1. The Balaban J connectivity index is 1.79. The number of halogens is 1. The largest absolute Gasteiger partial charge is 0.466 e. The van der Waals surface area contributed by atoms with Gasteiger partial charge >= 0.3 is 11.9 Å². The van der Waals surface area contributed by atoms with Crippen LogP contribution in [-0.2, 0) is 35.9 Å². The Hall–Kier alpha value is -2.81. The average molecular weight is 485 g/mol. The zero-order chi connectivity index (χ0) is 23.3. The molecule has 1 fully saturated rings. The molecule has 0 radical (unpaired) electrons. The van der Waals surface area contributed by atoms with Crippen LogP contribution in [0, 0.1) is 0 Å². The van der Waals surface area contributed by atoms with Gasteiger partial charge in [0, 0.05) is 22.2 Å². The number of hydrogen-bond donors (Lipinski definition) is 0. The quantitative estimate of drug-likeness (QED) is 0.617. The van der Waals surface area contributed by atoms with Crippen molar-refractivity contribution in [1.29, 1.82) is 0 Å². The monoisotopic (exact) mass is 484 g/mol. The maximum absolute atomic E-state index is 14.4. The van der Waals surface area contributed by atoms with Crippen molar-refractivity contribution < 1.29 is 23.9 Å². The first-order valence-electron chi connectivity index (χ1n) is 10.4. The van der Waals surface area contributed by atoms with Gasteiger partial charge in [-0.05, 0) is 23.8 Å². The summed E-state index contributed by atoms with van der Waals surface area (Å²) in [6.45, 7) is 0.309. The maximum Gasteiger partial charge on any atom is 0.337 e. The van der Waals surface area contributed by atoms with E-state index in [1.54, 1.807) is 34.9 Å². The first-order valence-corrected chi connectivity index (χ1v) is 11.9. The van der Waals surface area contributed by atoms with Crippen LogP contribution < -0.4 is 4.90 Å². The van der Waals surface area contributed by atoms with Gasteiger partial charge in [0.2, 0.25) is 0 Å². The smallest absolute Gasteiger partial charge is 0.337 e. The summed E-state index contributed by atoms with van der Waals surface area (Å²) in [6, 6.07) is 14.4. The lowest BCUT2D eigenvalue weighted by atomic mass is 9.83. The van der Waals surface area contributed by atoms with E-state index in [0.717, 1.165) is 5.56 Å². The molecule has 3 aliphatic heterocycles. The Bertz CT molecular complexity index is 1200.